The summed E-state index contributed by atoms with van der Waals surface area (Å²) in [4.78, 5) is 48.8. The van der Waals surface area contributed by atoms with Crippen LogP contribution < -0.4 is 0 Å². The van der Waals surface area contributed by atoms with Crippen molar-refractivity contribution in [1.29, 1.82) is 0 Å². The lowest BCUT2D eigenvalue weighted by molar-refractivity contribution is -0.144. The van der Waals surface area contributed by atoms with E-state index in [1.807, 2.05) is 67.0 Å². The van der Waals surface area contributed by atoms with Crippen LogP contribution in [-0.2, 0) is 61.4 Å². The van der Waals surface area contributed by atoms with Gasteiger partial charge in [-0.2, -0.15) is 0 Å². The SMILES string of the molecule is CCCCC(CC)COC(=O)/C(=C/C=C/N(CCCCCCN(CCCCCCN(/C=C/C=C(/C(=O)OCC(CC)CCCC)S(=O)(=O)c1ccccc1)Cc1ccccc1)CCCC(Sc1ccccc1)C(=O)OCC(CC)CCCC)Cc1ccccc1)S(=O)(=O)c1ccccc1. The van der Waals surface area contributed by atoms with Crippen molar-refractivity contribution in [2.24, 2.45) is 17.8 Å². The largest absolute Gasteiger partial charge is 0.465 e. The number of carbonyl (C=O) groups is 3. The summed E-state index contributed by atoms with van der Waals surface area (Å²) in [7, 11) is -8.37. The van der Waals surface area contributed by atoms with E-state index < -0.39 is 31.6 Å². The molecule has 0 radical (unpaired) electrons. The topological polar surface area (TPSA) is 157 Å². The van der Waals surface area contributed by atoms with Crippen LogP contribution in [0.5, 0.6) is 0 Å². The van der Waals surface area contributed by atoms with Crippen molar-refractivity contribution in [3.8, 4) is 0 Å². The molecule has 0 aliphatic heterocycles. The van der Waals surface area contributed by atoms with E-state index in [-0.39, 0.29) is 55.9 Å². The van der Waals surface area contributed by atoms with Crippen LogP contribution >= 0.6 is 11.8 Å². The fourth-order valence-corrected chi connectivity index (χ4v) is 15.5. The molecule has 16 heteroatoms. The van der Waals surface area contributed by atoms with Gasteiger partial charge in [0.25, 0.3) is 0 Å². The summed E-state index contributed by atoms with van der Waals surface area (Å²) >= 11 is 1.60. The quantitative estimate of drug-likeness (QED) is 0.00904. The number of carbonyl (C=O) groups excluding carboxylic acids is 3. The molecule has 0 aliphatic carbocycles. The van der Waals surface area contributed by atoms with Gasteiger partial charge in [-0.15, -0.1) is 11.8 Å². The number of sulfone groups is 2. The predicted molar refractivity (Wildman–Crippen MR) is 407 cm³/mol. The molecule has 0 spiro atoms. The molecule has 542 valence electrons. The number of thioether (sulfide) groups is 1. The highest BCUT2D eigenvalue weighted by molar-refractivity contribution is 8.00. The standard InChI is InChI=1S/C83H117N3O10S3/c1-7-13-42-70(10-4)67-94-81(87)78(97-75-49-29-22-30-50-75)55-39-62-84(58-35-16-18-37-60-85(65-73-45-25-20-26-46-73)63-40-56-79(98(90,91)76-51-31-23-32-52-76)82(88)95-68-71(11-5)43-14-8-2)59-36-17-19-38-61-86(66-74-47-27-21-28-48-74)64-41-57-80(99(92,93)77-53-33-24-34-54-77)83(89)96-69-72(12-6)44-15-9-3/h20-34,40-41,45-54,56-57,63-64,70-72,78H,7-19,35-39,42-44,55,58-62,65-69H2,1-6H3/b63-40+,64-41+,79-56-,80-57-. The zero-order valence-corrected chi connectivity index (χ0v) is 62.9. The lowest BCUT2D eigenvalue weighted by Crippen LogP contribution is -2.29. The highest BCUT2D eigenvalue weighted by Crippen LogP contribution is 2.29. The van der Waals surface area contributed by atoms with Crippen LogP contribution in [0.1, 0.15) is 194 Å². The Balaban J connectivity index is 1.29. The first-order chi connectivity index (χ1) is 48.1. The van der Waals surface area contributed by atoms with E-state index in [1.54, 1.807) is 60.3 Å². The number of esters is 3. The third-order valence-corrected chi connectivity index (χ3v) is 23.0. The number of hydrogen-bond donors (Lipinski definition) is 0. The van der Waals surface area contributed by atoms with Crippen LogP contribution in [0.3, 0.4) is 0 Å². The third-order valence-electron chi connectivity index (χ3n) is 18.2. The maximum absolute atomic E-state index is 14.1. The smallest absolute Gasteiger partial charge is 0.350 e. The zero-order chi connectivity index (χ0) is 71.2. The molecule has 0 saturated heterocycles. The van der Waals surface area contributed by atoms with Crippen LogP contribution in [0.25, 0.3) is 0 Å². The molecule has 0 N–H and O–H groups in total. The van der Waals surface area contributed by atoms with Crippen molar-refractivity contribution in [3.05, 3.63) is 209 Å². The molecule has 0 bridgehead atoms. The molecule has 0 heterocycles. The van der Waals surface area contributed by atoms with Crippen molar-refractivity contribution in [2.45, 2.75) is 216 Å². The summed E-state index contributed by atoms with van der Waals surface area (Å²) in [5.41, 5.74) is 2.22. The van der Waals surface area contributed by atoms with Crippen molar-refractivity contribution >= 4 is 49.3 Å². The number of ether oxygens (including phenoxy) is 3. The van der Waals surface area contributed by atoms with Gasteiger partial charge in [0.2, 0.25) is 19.7 Å². The summed E-state index contributed by atoms with van der Waals surface area (Å²) < 4.78 is 73.9. The number of nitrogens with zero attached hydrogens (tertiary/aromatic N) is 3. The molecule has 5 aromatic carbocycles. The Morgan fingerprint density at radius 2 is 0.747 bits per heavy atom. The molecule has 0 fully saturated rings. The van der Waals surface area contributed by atoms with Crippen molar-refractivity contribution in [1.82, 2.24) is 14.7 Å². The van der Waals surface area contributed by atoms with Crippen molar-refractivity contribution in [2.75, 3.05) is 52.5 Å². The van der Waals surface area contributed by atoms with E-state index in [2.05, 4.69) is 92.6 Å². The Morgan fingerprint density at radius 1 is 0.404 bits per heavy atom. The Labute approximate surface area is 601 Å². The molecule has 4 atom stereocenters. The zero-order valence-electron chi connectivity index (χ0n) is 60.5. The molecule has 0 amide bonds. The molecule has 0 aliphatic rings. The highest BCUT2D eigenvalue weighted by Gasteiger charge is 2.31. The predicted octanol–water partition coefficient (Wildman–Crippen LogP) is 19.4. The molecular weight excluding hydrogens is 1300 g/mol. The summed E-state index contributed by atoms with van der Waals surface area (Å²) in [6.07, 6.45) is 31.0. The summed E-state index contributed by atoms with van der Waals surface area (Å²) in [6, 6.07) is 46.6. The number of hydrogen-bond acceptors (Lipinski definition) is 14. The van der Waals surface area contributed by atoms with Gasteiger partial charge < -0.3 is 28.9 Å². The summed E-state index contributed by atoms with van der Waals surface area (Å²) in [5, 5.41) is -0.324. The van der Waals surface area contributed by atoms with E-state index in [1.165, 1.54) is 36.4 Å². The number of rotatable bonds is 53. The minimum absolute atomic E-state index is 0.0362. The molecule has 99 heavy (non-hydrogen) atoms. The van der Waals surface area contributed by atoms with Crippen LogP contribution in [0.15, 0.2) is 213 Å². The lowest BCUT2D eigenvalue weighted by atomic mass is 10.0. The molecule has 5 aromatic rings. The molecular formula is C83H117N3O10S3. The van der Waals surface area contributed by atoms with Crippen LogP contribution in [0.4, 0.5) is 0 Å². The minimum atomic E-state index is -4.19. The molecule has 13 nitrogen and oxygen atoms in total. The van der Waals surface area contributed by atoms with E-state index in [9.17, 15) is 31.2 Å². The first kappa shape index (κ1) is 82.9. The van der Waals surface area contributed by atoms with Gasteiger partial charge in [-0.3, -0.25) is 4.79 Å². The van der Waals surface area contributed by atoms with Crippen LogP contribution in [0.2, 0.25) is 0 Å². The van der Waals surface area contributed by atoms with E-state index in [0.29, 0.717) is 32.0 Å². The Kier molecular flexibility index (Phi) is 41.0. The highest BCUT2D eigenvalue weighted by atomic mass is 32.2. The fourth-order valence-electron chi connectivity index (χ4n) is 11.8. The Hall–Kier alpha value is -6.72. The number of unbranched alkanes of at least 4 members (excludes halogenated alkanes) is 9. The van der Waals surface area contributed by atoms with Crippen molar-refractivity contribution in [3.63, 3.8) is 0 Å². The van der Waals surface area contributed by atoms with Gasteiger partial charge in [0.1, 0.15) is 5.25 Å². The summed E-state index contributed by atoms with van der Waals surface area (Å²) in [5.74, 6) is -1.17. The second-order valence-electron chi connectivity index (χ2n) is 26.1. The van der Waals surface area contributed by atoms with E-state index in [0.717, 1.165) is 184 Å². The maximum atomic E-state index is 14.1. The van der Waals surface area contributed by atoms with E-state index >= 15 is 0 Å². The number of benzene rings is 5. The van der Waals surface area contributed by atoms with Crippen molar-refractivity contribution < 1.29 is 45.4 Å². The monoisotopic (exact) mass is 1410 g/mol. The van der Waals surface area contributed by atoms with Gasteiger partial charge in [0.05, 0.1) is 29.6 Å². The molecule has 5 rings (SSSR count). The first-order valence-corrected chi connectivity index (χ1v) is 40.9. The van der Waals surface area contributed by atoms with Gasteiger partial charge in [-0.25, -0.2) is 26.4 Å². The first-order valence-electron chi connectivity index (χ1n) is 37.0. The van der Waals surface area contributed by atoms with Gasteiger partial charge in [-0.05, 0) is 179 Å². The van der Waals surface area contributed by atoms with E-state index in [4.69, 9.17) is 14.2 Å². The van der Waals surface area contributed by atoms with Gasteiger partial charge in [0.15, 0.2) is 9.81 Å². The normalized spacial score (nSPS) is 13.5. The Bertz CT molecular complexity index is 3190. The van der Waals surface area contributed by atoms with Crippen LogP contribution in [-0.4, -0.2) is 107 Å². The molecule has 0 saturated carbocycles. The maximum Gasteiger partial charge on any atom is 0.350 e. The second kappa shape index (κ2) is 49.0. The lowest BCUT2D eigenvalue weighted by Gasteiger charge is -2.24. The average Bonchev–Trinajstić information content (AvgIpc) is 0.815. The molecule has 4 unspecified atom stereocenters. The van der Waals surface area contributed by atoms with Crippen LogP contribution in [0, 0.1) is 17.8 Å². The summed E-state index contributed by atoms with van der Waals surface area (Å²) in [6.45, 7) is 18.8. The number of allylic oxidation sites excluding steroid dienone is 4. The second-order valence-corrected chi connectivity index (χ2v) is 31.2. The molecule has 0 aromatic heterocycles. The van der Waals surface area contributed by atoms with Gasteiger partial charge in [-0.1, -0.05) is 240 Å². The fraction of sp³-hybridized carbons (Fsp3) is 0.506. The third kappa shape index (κ3) is 32.2. The minimum Gasteiger partial charge on any atom is -0.465 e. The van der Waals surface area contributed by atoms with Gasteiger partial charge in [0, 0.05) is 31.1 Å². The van der Waals surface area contributed by atoms with Gasteiger partial charge >= 0.3 is 17.9 Å². The Morgan fingerprint density at radius 3 is 1.12 bits per heavy atom. The average molecular weight is 1410 g/mol.